The molecule has 0 aliphatic rings. The van der Waals surface area contributed by atoms with Crippen LogP contribution < -0.4 is 9.47 Å². The van der Waals surface area contributed by atoms with E-state index in [4.69, 9.17) is 9.47 Å². The Morgan fingerprint density at radius 2 is 1.92 bits per heavy atom. The third kappa shape index (κ3) is 3.68. The fraction of sp³-hybridized carbons (Fsp3) is 0.294. The molecule has 0 spiro atoms. The van der Waals surface area contributed by atoms with Gasteiger partial charge in [0.05, 0.1) is 23.8 Å². The van der Waals surface area contributed by atoms with E-state index in [1.54, 1.807) is 13.8 Å². The highest BCUT2D eigenvalue weighted by atomic mass is 16.6. The van der Waals surface area contributed by atoms with E-state index >= 15 is 0 Å². The number of nitrogens with zero attached hydrogens (tertiary/aromatic N) is 1. The normalized spacial score (nSPS) is 10.4. The Morgan fingerprint density at radius 1 is 1.24 bits per heavy atom. The Kier molecular flexibility index (Phi) is 5.21. The number of nitrogens with one attached hydrogen (secondary N) is 1. The third-order valence-electron chi connectivity index (χ3n) is 3.79. The van der Waals surface area contributed by atoms with Crippen LogP contribution >= 0.6 is 0 Å². The van der Waals surface area contributed by atoms with Crippen LogP contribution in [0.3, 0.4) is 0 Å². The molecular weight excluding hydrogens is 328 g/mol. The van der Waals surface area contributed by atoms with Crippen LogP contribution in [0.2, 0.25) is 0 Å². The van der Waals surface area contributed by atoms with Crippen LogP contribution in [-0.2, 0) is 0 Å². The van der Waals surface area contributed by atoms with Crippen molar-refractivity contribution in [2.75, 3.05) is 13.7 Å². The van der Waals surface area contributed by atoms with Crippen LogP contribution in [0.25, 0.3) is 0 Å². The van der Waals surface area contributed by atoms with Crippen molar-refractivity contribution in [3.63, 3.8) is 0 Å². The Bertz CT molecular complexity index is 853. The lowest BCUT2D eigenvalue weighted by atomic mass is 10.1. The van der Waals surface area contributed by atoms with Gasteiger partial charge >= 0.3 is 0 Å². The lowest BCUT2D eigenvalue weighted by Crippen LogP contribution is -2.14. The second-order valence-corrected chi connectivity index (χ2v) is 5.49. The summed E-state index contributed by atoms with van der Waals surface area (Å²) in [6.45, 7) is 4.56. The number of aromatic nitrogens is 1. The highest BCUT2D eigenvalue weighted by Gasteiger charge is 2.21. The molecule has 0 aliphatic carbocycles. The summed E-state index contributed by atoms with van der Waals surface area (Å²) >= 11 is 0. The first-order chi connectivity index (χ1) is 11.8. The van der Waals surface area contributed by atoms with Crippen LogP contribution in [0.1, 0.15) is 39.0 Å². The quantitative estimate of drug-likeness (QED) is 0.468. The number of ether oxygens (including phenoxy) is 2. The zero-order valence-corrected chi connectivity index (χ0v) is 14.3. The van der Waals surface area contributed by atoms with Gasteiger partial charge in [0.15, 0.2) is 23.9 Å². The maximum Gasteiger partial charge on any atom is 0.273 e. The molecule has 0 saturated heterocycles. The number of hydrogen-bond donors (Lipinski definition) is 1. The second kappa shape index (κ2) is 7.16. The fourth-order valence-corrected chi connectivity index (χ4v) is 2.66. The Balaban J connectivity index is 2.19. The second-order valence-electron chi connectivity index (χ2n) is 5.49. The summed E-state index contributed by atoms with van der Waals surface area (Å²) in [4.78, 5) is 37.2. The summed E-state index contributed by atoms with van der Waals surface area (Å²) in [6.07, 6.45) is 0. The number of aromatic amines is 1. The van der Waals surface area contributed by atoms with Gasteiger partial charge in [-0.15, -0.1) is 0 Å². The molecule has 8 heteroatoms. The average Bonchev–Trinajstić information content (AvgIpc) is 2.86. The predicted molar refractivity (Wildman–Crippen MR) is 89.7 cm³/mol. The summed E-state index contributed by atoms with van der Waals surface area (Å²) in [5.74, 6) is -0.0863. The van der Waals surface area contributed by atoms with Crippen molar-refractivity contribution in [2.24, 2.45) is 0 Å². The van der Waals surface area contributed by atoms with Crippen LogP contribution in [0.5, 0.6) is 11.5 Å². The van der Waals surface area contributed by atoms with Crippen LogP contribution in [0.4, 0.5) is 5.69 Å². The molecule has 0 atom stereocenters. The predicted octanol–water partition coefficient (Wildman–Crippen LogP) is 3.01. The number of carbonyl (C=O) groups excluding carboxylic acids is 2. The van der Waals surface area contributed by atoms with Crippen molar-refractivity contribution in [3.05, 3.63) is 50.8 Å². The van der Waals surface area contributed by atoms with E-state index in [9.17, 15) is 19.7 Å². The Morgan fingerprint density at radius 3 is 2.44 bits per heavy atom. The largest absolute Gasteiger partial charge is 0.493 e. The minimum atomic E-state index is -0.550. The molecule has 1 N–H and O–H groups in total. The van der Waals surface area contributed by atoms with Gasteiger partial charge in [0.25, 0.3) is 5.69 Å². The number of methoxy groups -OCH3 is 1. The first-order valence-electron chi connectivity index (χ1n) is 7.44. The summed E-state index contributed by atoms with van der Waals surface area (Å²) in [7, 11) is 1.35. The smallest absolute Gasteiger partial charge is 0.273 e. The standard InChI is InChI=1S/C17H18N2O6/c1-9-16(11(3)20)10(2)18-17(9)13(21)8-25-14-6-5-12(19(22)23)7-15(14)24-4/h5-7,18H,8H2,1-4H3. The van der Waals surface area contributed by atoms with E-state index in [2.05, 4.69) is 4.98 Å². The molecule has 1 aromatic carbocycles. The third-order valence-corrected chi connectivity index (χ3v) is 3.79. The summed E-state index contributed by atoms with van der Waals surface area (Å²) in [6, 6.07) is 3.86. The maximum absolute atomic E-state index is 12.4. The molecule has 25 heavy (non-hydrogen) atoms. The van der Waals surface area contributed by atoms with E-state index in [0.717, 1.165) is 0 Å². The van der Waals surface area contributed by atoms with E-state index < -0.39 is 4.92 Å². The molecule has 0 radical (unpaired) electrons. The molecule has 0 amide bonds. The van der Waals surface area contributed by atoms with Gasteiger partial charge < -0.3 is 14.5 Å². The van der Waals surface area contributed by atoms with Gasteiger partial charge in [-0.25, -0.2) is 0 Å². The molecule has 8 nitrogen and oxygen atoms in total. The maximum atomic E-state index is 12.4. The Hall–Kier alpha value is -3.16. The van der Waals surface area contributed by atoms with Crippen LogP contribution in [-0.4, -0.2) is 35.2 Å². The number of H-pyrrole nitrogens is 1. The first-order valence-corrected chi connectivity index (χ1v) is 7.44. The summed E-state index contributed by atoms with van der Waals surface area (Å²) in [5.41, 5.74) is 1.87. The number of hydrogen-bond acceptors (Lipinski definition) is 6. The number of non-ortho nitro benzene ring substituents is 1. The van der Waals surface area contributed by atoms with Gasteiger partial charge in [-0.2, -0.15) is 0 Å². The van der Waals surface area contributed by atoms with Crippen molar-refractivity contribution in [1.29, 1.82) is 0 Å². The molecule has 0 aliphatic heterocycles. The van der Waals surface area contributed by atoms with Crippen molar-refractivity contribution in [1.82, 2.24) is 4.98 Å². The highest BCUT2D eigenvalue weighted by molar-refractivity contribution is 6.03. The zero-order valence-electron chi connectivity index (χ0n) is 14.3. The van der Waals surface area contributed by atoms with Gasteiger partial charge in [-0.05, 0) is 32.4 Å². The number of Topliss-reactive ketones (excluding diaryl/α,β-unsaturated/α-hetero) is 2. The molecule has 132 valence electrons. The molecule has 1 heterocycles. The van der Waals surface area contributed by atoms with Gasteiger partial charge in [-0.3, -0.25) is 19.7 Å². The molecular formula is C17H18N2O6. The lowest BCUT2D eigenvalue weighted by Gasteiger charge is -2.09. The monoisotopic (exact) mass is 346 g/mol. The van der Waals surface area contributed by atoms with Crippen molar-refractivity contribution in [2.45, 2.75) is 20.8 Å². The van der Waals surface area contributed by atoms with Crippen LogP contribution in [0.15, 0.2) is 18.2 Å². The first kappa shape index (κ1) is 18.2. The number of carbonyl (C=O) groups is 2. The van der Waals surface area contributed by atoms with E-state index in [1.165, 1.54) is 32.2 Å². The van der Waals surface area contributed by atoms with Crippen LogP contribution in [0, 0.1) is 24.0 Å². The molecule has 0 fully saturated rings. The minimum Gasteiger partial charge on any atom is -0.493 e. The average molecular weight is 346 g/mol. The molecule has 1 aromatic heterocycles. The van der Waals surface area contributed by atoms with Crippen molar-refractivity contribution >= 4 is 17.3 Å². The van der Waals surface area contributed by atoms with Crippen molar-refractivity contribution < 1.29 is 24.0 Å². The number of aryl methyl sites for hydroxylation is 1. The zero-order chi connectivity index (χ0) is 18.7. The highest BCUT2D eigenvalue weighted by Crippen LogP contribution is 2.31. The SMILES string of the molecule is COc1cc([N+](=O)[O-])ccc1OCC(=O)c1[nH]c(C)c(C(C)=O)c1C. The molecule has 0 unspecified atom stereocenters. The number of nitro benzene ring substituents is 1. The number of benzene rings is 1. The Labute approximate surface area is 143 Å². The molecule has 2 rings (SSSR count). The van der Waals surface area contributed by atoms with E-state index in [1.807, 2.05) is 0 Å². The van der Waals surface area contributed by atoms with E-state index in [-0.39, 0.29) is 35.4 Å². The van der Waals surface area contributed by atoms with Gasteiger partial charge in [0, 0.05) is 17.3 Å². The topological polar surface area (TPSA) is 112 Å². The lowest BCUT2D eigenvalue weighted by molar-refractivity contribution is -0.384. The van der Waals surface area contributed by atoms with Crippen molar-refractivity contribution in [3.8, 4) is 11.5 Å². The van der Waals surface area contributed by atoms with Gasteiger partial charge in [-0.1, -0.05) is 0 Å². The van der Waals surface area contributed by atoms with Gasteiger partial charge in [0.2, 0.25) is 5.78 Å². The summed E-state index contributed by atoms with van der Waals surface area (Å²) in [5, 5.41) is 10.8. The summed E-state index contributed by atoms with van der Waals surface area (Å²) < 4.78 is 10.5. The molecule has 0 bridgehead atoms. The number of rotatable bonds is 7. The fourth-order valence-electron chi connectivity index (χ4n) is 2.66. The minimum absolute atomic E-state index is 0.122. The number of ketones is 2. The molecule has 2 aromatic rings. The van der Waals surface area contributed by atoms with Gasteiger partial charge in [0.1, 0.15) is 0 Å². The van der Waals surface area contributed by atoms with E-state index in [0.29, 0.717) is 22.5 Å². The number of nitro groups is 1. The molecule has 0 saturated carbocycles.